The third-order valence-corrected chi connectivity index (χ3v) is 4.47. The average Bonchev–Trinajstić information content (AvgIpc) is 2.90. The van der Waals surface area contributed by atoms with Crippen LogP contribution in [0.3, 0.4) is 0 Å². The van der Waals surface area contributed by atoms with E-state index in [1.807, 2.05) is 34.9 Å². The summed E-state index contributed by atoms with van der Waals surface area (Å²) in [6.07, 6.45) is 2.97. The first kappa shape index (κ1) is 13.6. The van der Waals surface area contributed by atoms with E-state index in [0.29, 0.717) is 11.3 Å². The van der Waals surface area contributed by atoms with E-state index < -0.39 is 9.84 Å². The van der Waals surface area contributed by atoms with Gasteiger partial charge in [-0.1, -0.05) is 6.07 Å². The summed E-state index contributed by atoms with van der Waals surface area (Å²) in [4.78, 5) is 12.7. The van der Waals surface area contributed by atoms with Crippen molar-refractivity contribution in [3.8, 4) is 0 Å². The minimum atomic E-state index is -3.25. The standard InChI is InChI=1S/C16H13NO3S/c1-21(19,20)14-8-5-12(6-9-14)16(18)15-10-7-13-4-2-3-11-17(13)15/h2-11H,1H3. The molecule has 5 heteroatoms. The Kier molecular flexibility index (Phi) is 3.14. The molecule has 0 unspecified atom stereocenters. The van der Waals surface area contributed by atoms with Crippen LogP contribution in [0, 0.1) is 0 Å². The van der Waals surface area contributed by atoms with Crippen LogP contribution in [0.2, 0.25) is 0 Å². The number of aromatic nitrogens is 1. The number of fused-ring (bicyclic) bond motifs is 1. The Morgan fingerprint density at radius 2 is 1.67 bits per heavy atom. The molecule has 2 heterocycles. The fourth-order valence-corrected chi connectivity index (χ4v) is 2.87. The monoisotopic (exact) mass is 299 g/mol. The SMILES string of the molecule is CS(=O)(=O)c1ccc(C(=O)c2ccc3ccccn23)cc1. The summed E-state index contributed by atoms with van der Waals surface area (Å²) in [6, 6.07) is 15.3. The quantitative estimate of drug-likeness (QED) is 0.698. The van der Waals surface area contributed by atoms with Gasteiger partial charge in [0, 0.05) is 23.5 Å². The summed E-state index contributed by atoms with van der Waals surface area (Å²) in [6.45, 7) is 0. The summed E-state index contributed by atoms with van der Waals surface area (Å²) < 4.78 is 24.7. The van der Waals surface area contributed by atoms with Gasteiger partial charge in [0.2, 0.25) is 5.78 Å². The molecule has 0 spiro atoms. The van der Waals surface area contributed by atoms with E-state index in [1.54, 1.807) is 18.2 Å². The van der Waals surface area contributed by atoms with E-state index in [2.05, 4.69) is 0 Å². The predicted octanol–water partition coefficient (Wildman–Crippen LogP) is 2.57. The van der Waals surface area contributed by atoms with Crippen molar-refractivity contribution in [1.29, 1.82) is 0 Å². The average molecular weight is 299 g/mol. The van der Waals surface area contributed by atoms with Gasteiger partial charge in [0.1, 0.15) is 0 Å². The minimum Gasteiger partial charge on any atom is -0.314 e. The van der Waals surface area contributed by atoms with Gasteiger partial charge >= 0.3 is 0 Å². The van der Waals surface area contributed by atoms with E-state index in [4.69, 9.17) is 0 Å². The second kappa shape index (κ2) is 4.86. The molecule has 3 rings (SSSR count). The van der Waals surface area contributed by atoms with E-state index in [0.717, 1.165) is 11.8 Å². The highest BCUT2D eigenvalue weighted by molar-refractivity contribution is 7.90. The summed E-state index contributed by atoms with van der Waals surface area (Å²) in [5.74, 6) is -0.138. The van der Waals surface area contributed by atoms with Crippen molar-refractivity contribution in [3.63, 3.8) is 0 Å². The molecule has 2 aromatic heterocycles. The summed E-state index contributed by atoms with van der Waals surface area (Å²) in [5, 5.41) is 0. The maximum absolute atomic E-state index is 12.5. The van der Waals surface area contributed by atoms with Crippen LogP contribution in [-0.2, 0) is 9.84 Å². The Hall–Kier alpha value is -2.40. The van der Waals surface area contributed by atoms with Crippen molar-refractivity contribution in [3.05, 3.63) is 72.1 Å². The molecule has 0 amide bonds. The van der Waals surface area contributed by atoms with Crippen LogP contribution in [0.4, 0.5) is 0 Å². The number of sulfone groups is 1. The van der Waals surface area contributed by atoms with Gasteiger partial charge in [-0.3, -0.25) is 4.79 Å². The Morgan fingerprint density at radius 1 is 0.952 bits per heavy atom. The van der Waals surface area contributed by atoms with Crippen LogP contribution in [0.25, 0.3) is 5.52 Å². The highest BCUT2D eigenvalue weighted by Gasteiger charge is 2.14. The summed E-state index contributed by atoms with van der Waals surface area (Å²) in [5.41, 5.74) is 1.96. The van der Waals surface area contributed by atoms with Crippen LogP contribution in [0.1, 0.15) is 16.1 Å². The van der Waals surface area contributed by atoms with Crippen LogP contribution in [0.5, 0.6) is 0 Å². The van der Waals surface area contributed by atoms with Crippen LogP contribution < -0.4 is 0 Å². The lowest BCUT2D eigenvalue weighted by molar-refractivity contribution is 0.103. The van der Waals surface area contributed by atoms with Crippen molar-refractivity contribution in [2.45, 2.75) is 4.90 Å². The maximum atomic E-state index is 12.5. The maximum Gasteiger partial charge on any atom is 0.209 e. The molecule has 0 radical (unpaired) electrons. The molecule has 1 aromatic carbocycles. The Balaban J connectivity index is 2.03. The molecule has 0 aliphatic rings. The van der Waals surface area contributed by atoms with Gasteiger partial charge in [0.05, 0.1) is 10.6 Å². The number of benzene rings is 1. The lowest BCUT2D eigenvalue weighted by Crippen LogP contribution is -2.05. The van der Waals surface area contributed by atoms with Crippen molar-refractivity contribution < 1.29 is 13.2 Å². The molecular weight excluding hydrogens is 286 g/mol. The smallest absolute Gasteiger partial charge is 0.209 e. The van der Waals surface area contributed by atoms with E-state index in [-0.39, 0.29) is 10.7 Å². The number of nitrogens with zero attached hydrogens (tertiary/aromatic N) is 1. The molecule has 0 fully saturated rings. The Morgan fingerprint density at radius 3 is 2.33 bits per heavy atom. The van der Waals surface area contributed by atoms with Crippen LogP contribution in [0.15, 0.2) is 65.7 Å². The van der Waals surface area contributed by atoms with E-state index >= 15 is 0 Å². The third kappa shape index (κ3) is 2.48. The van der Waals surface area contributed by atoms with Gasteiger partial charge in [-0.15, -0.1) is 0 Å². The number of hydrogen-bond acceptors (Lipinski definition) is 3. The molecular formula is C16H13NO3S. The van der Waals surface area contributed by atoms with Gasteiger partial charge in [-0.05, 0) is 48.5 Å². The minimum absolute atomic E-state index is 0.138. The highest BCUT2D eigenvalue weighted by Crippen LogP contribution is 2.16. The third-order valence-electron chi connectivity index (χ3n) is 3.34. The zero-order chi connectivity index (χ0) is 15.0. The highest BCUT2D eigenvalue weighted by atomic mass is 32.2. The first-order valence-electron chi connectivity index (χ1n) is 6.38. The molecule has 0 aliphatic carbocycles. The first-order chi connectivity index (χ1) is 9.97. The molecule has 0 saturated carbocycles. The van der Waals surface area contributed by atoms with E-state index in [9.17, 15) is 13.2 Å². The molecule has 0 saturated heterocycles. The molecule has 0 N–H and O–H groups in total. The van der Waals surface area contributed by atoms with Crippen molar-refractivity contribution in [1.82, 2.24) is 4.40 Å². The topological polar surface area (TPSA) is 55.6 Å². The Bertz CT molecular complexity index is 922. The molecule has 0 aliphatic heterocycles. The van der Waals surface area contributed by atoms with Crippen LogP contribution >= 0.6 is 0 Å². The summed E-state index contributed by atoms with van der Waals surface area (Å²) >= 11 is 0. The molecule has 21 heavy (non-hydrogen) atoms. The van der Waals surface area contributed by atoms with Crippen molar-refractivity contribution >= 4 is 21.1 Å². The number of carbonyl (C=O) groups excluding carboxylic acids is 1. The molecule has 3 aromatic rings. The predicted molar refractivity (Wildman–Crippen MR) is 80.4 cm³/mol. The van der Waals surface area contributed by atoms with Crippen molar-refractivity contribution in [2.24, 2.45) is 0 Å². The fraction of sp³-hybridized carbons (Fsp3) is 0.0625. The Labute approximate surface area is 122 Å². The molecule has 4 nitrogen and oxygen atoms in total. The molecule has 106 valence electrons. The summed E-state index contributed by atoms with van der Waals surface area (Å²) in [7, 11) is -3.25. The number of carbonyl (C=O) groups is 1. The van der Waals surface area contributed by atoms with Gasteiger partial charge in [0.25, 0.3) is 0 Å². The zero-order valence-electron chi connectivity index (χ0n) is 11.4. The van der Waals surface area contributed by atoms with Gasteiger partial charge < -0.3 is 4.40 Å². The normalized spacial score (nSPS) is 11.7. The number of pyridine rings is 1. The second-order valence-electron chi connectivity index (χ2n) is 4.84. The van der Waals surface area contributed by atoms with Crippen LogP contribution in [-0.4, -0.2) is 24.9 Å². The largest absolute Gasteiger partial charge is 0.314 e. The first-order valence-corrected chi connectivity index (χ1v) is 8.27. The molecule has 0 atom stereocenters. The van der Waals surface area contributed by atoms with Crippen molar-refractivity contribution in [2.75, 3.05) is 6.26 Å². The van der Waals surface area contributed by atoms with Gasteiger partial charge in [-0.25, -0.2) is 8.42 Å². The van der Waals surface area contributed by atoms with Gasteiger partial charge in [-0.2, -0.15) is 0 Å². The number of hydrogen-bond donors (Lipinski definition) is 0. The van der Waals surface area contributed by atoms with E-state index in [1.165, 1.54) is 12.1 Å². The molecule has 0 bridgehead atoms. The lowest BCUT2D eigenvalue weighted by atomic mass is 10.1. The lowest BCUT2D eigenvalue weighted by Gasteiger charge is -2.04. The van der Waals surface area contributed by atoms with Gasteiger partial charge in [0.15, 0.2) is 9.84 Å². The second-order valence-corrected chi connectivity index (χ2v) is 6.86. The number of ketones is 1. The number of rotatable bonds is 3. The fourth-order valence-electron chi connectivity index (χ4n) is 2.24. The zero-order valence-corrected chi connectivity index (χ0v) is 12.2.